The first kappa shape index (κ1) is 20.5. The lowest BCUT2D eigenvalue weighted by molar-refractivity contribution is 0.103. The second-order valence-corrected chi connectivity index (χ2v) is 8.66. The number of halogens is 1. The average molecular weight is 399 g/mol. The number of carbonyl (C=O) groups is 1. The first-order valence-electron chi connectivity index (χ1n) is 8.30. The van der Waals surface area contributed by atoms with Crippen LogP contribution in [0.5, 0.6) is 5.88 Å². The van der Waals surface area contributed by atoms with Crippen LogP contribution in [0.4, 0.5) is 0 Å². The second kappa shape index (κ2) is 7.40. The lowest BCUT2D eigenvalue weighted by Gasteiger charge is -2.15. The Hall–Kier alpha value is -1.86. The summed E-state index contributed by atoms with van der Waals surface area (Å²) >= 11 is 6.41. The lowest BCUT2D eigenvalue weighted by atomic mass is 9.99. The van der Waals surface area contributed by atoms with E-state index in [1.165, 1.54) is 10.7 Å². The van der Waals surface area contributed by atoms with Gasteiger partial charge in [-0.15, -0.1) is 0 Å². The van der Waals surface area contributed by atoms with Gasteiger partial charge in [-0.25, -0.2) is 13.1 Å². The van der Waals surface area contributed by atoms with Gasteiger partial charge in [0, 0.05) is 12.6 Å². The molecule has 0 aliphatic heterocycles. The molecular formula is C18H23ClN2O4S. The fourth-order valence-corrected chi connectivity index (χ4v) is 4.76. The number of sulfone groups is 1. The van der Waals surface area contributed by atoms with E-state index in [0.717, 1.165) is 0 Å². The van der Waals surface area contributed by atoms with Crippen molar-refractivity contribution >= 4 is 27.2 Å². The van der Waals surface area contributed by atoms with Crippen LogP contribution in [0.2, 0.25) is 5.02 Å². The Morgan fingerprint density at radius 3 is 2.42 bits per heavy atom. The molecule has 0 aliphatic carbocycles. The van der Waals surface area contributed by atoms with Crippen LogP contribution in [-0.4, -0.2) is 36.3 Å². The normalized spacial score (nSPS) is 11.7. The van der Waals surface area contributed by atoms with E-state index in [0.29, 0.717) is 34.9 Å². The van der Waals surface area contributed by atoms with E-state index in [4.69, 9.17) is 16.3 Å². The smallest absolute Gasteiger partial charge is 0.223 e. The summed E-state index contributed by atoms with van der Waals surface area (Å²) in [7, 11) is -1.75. The molecule has 0 saturated carbocycles. The van der Waals surface area contributed by atoms with Crippen LogP contribution >= 0.6 is 11.6 Å². The van der Waals surface area contributed by atoms with E-state index in [1.54, 1.807) is 34.7 Å². The number of nitrogens with zero attached hydrogens (tertiary/aromatic N) is 2. The van der Waals surface area contributed by atoms with Crippen molar-refractivity contribution in [1.82, 2.24) is 9.78 Å². The SMILES string of the molecule is CCOc1c(C(=O)c2cc(C)c(S(=O)(=O)CC)c(C)c2Cl)c(C)nn1C. The number of benzene rings is 1. The van der Waals surface area contributed by atoms with E-state index < -0.39 is 9.84 Å². The maximum atomic E-state index is 13.2. The minimum atomic E-state index is -3.45. The molecule has 0 bridgehead atoms. The predicted octanol–water partition coefficient (Wildman–Crippen LogP) is 3.42. The Balaban J connectivity index is 2.70. The van der Waals surface area contributed by atoms with Gasteiger partial charge in [-0.1, -0.05) is 18.5 Å². The van der Waals surface area contributed by atoms with Gasteiger partial charge in [-0.2, -0.15) is 5.10 Å². The van der Waals surface area contributed by atoms with Crippen molar-refractivity contribution in [1.29, 1.82) is 0 Å². The summed E-state index contributed by atoms with van der Waals surface area (Å²) in [6.07, 6.45) is 0. The molecule has 0 amide bonds. The minimum Gasteiger partial charge on any atom is -0.478 e. The molecule has 2 rings (SSSR count). The van der Waals surface area contributed by atoms with Crippen LogP contribution in [-0.2, 0) is 16.9 Å². The number of carbonyl (C=O) groups excluding carboxylic acids is 1. The number of aryl methyl sites for hydroxylation is 3. The zero-order chi connectivity index (χ0) is 19.8. The molecule has 1 aromatic heterocycles. The Kier molecular flexibility index (Phi) is 5.82. The highest BCUT2D eigenvalue weighted by Gasteiger charge is 2.28. The Morgan fingerprint density at radius 1 is 1.27 bits per heavy atom. The molecule has 6 nitrogen and oxygen atoms in total. The van der Waals surface area contributed by atoms with Crippen LogP contribution in [0.3, 0.4) is 0 Å². The maximum absolute atomic E-state index is 13.2. The van der Waals surface area contributed by atoms with Crippen molar-refractivity contribution in [3.63, 3.8) is 0 Å². The fraction of sp³-hybridized carbons (Fsp3) is 0.444. The summed E-state index contributed by atoms with van der Waals surface area (Å²) in [6, 6.07) is 1.53. The second-order valence-electron chi connectivity index (χ2n) is 6.06. The molecule has 26 heavy (non-hydrogen) atoms. The first-order chi connectivity index (χ1) is 12.1. The van der Waals surface area contributed by atoms with Crippen molar-refractivity contribution in [2.24, 2.45) is 7.05 Å². The van der Waals surface area contributed by atoms with E-state index in [2.05, 4.69) is 5.10 Å². The van der Waals surface area contributed by atoms with Crippen molar-refractivity contribution in [2.75, 3.05) is 12.4 Å². The summed E-state index contributed by atoms with van der Waals surface area (Å²) in [5, 5.41) is 4.39. The topological polar surface area (TPSA) is 78.3 Å². The van der Waals surface area contributed by atoms with Crippen LogP contribution < -0.4 is 4.74 Å². The third kappa shape index (κ3) is 3.38. The van der Waals surface area contributed by atoms with Gasteiger partial charge in [0.2, 0.25) is 11.7 Å². The third-order valence-corrected chi connectivity index (χ3v) is 6.74. The van der Waals surface area contributed by atoms with Crippen LogP contribution in [0.15, 0.2) is 11.0 Å². The molecule has 0 atom stereocenters. The Bertz CT molecular complexity index is 978. The monoisotopic (exact) mass is 398 g/mol. The Labute approximate surface area is 159 Å². The maximum Gasteiger partial charge on any atom is 0.223 e. The summed E-state index contributed by atoms with van der Waals surface area (Å²) in [5.74, 6) is -0.00330. The van der Waals surface area contributed by atoms with Gasteiger partial charge in [0.1, 0.15) is 5.56 Å². The molecule has 0 fully saturated rings. The molecular weight excluding hydrogens is 376 g/mol. The zero-order valence-electron chi connectivity index (χ0n) is 15.8. The summed E-state index contributed by atoms with van der Waals surface area (Å²) < 4.78 is 31.8. The molecule has 0 N–H and O–H groups in total. The molecule has 1 heterocycles. The third-order valence-electron chi connectivity index (χ3n) is 4.24. The van der Waals surface area contributed by atoms with Gasteiger partial charge >= 0.3 is 0 Å². The van der Waals surface area contributed by atoms with Crippen LogP contribution in [0, 0.1) is 20.8 Å². The van der Waals surface area contributed by atoms with Crippen molar-refractivity contribution in [3.8, 4) is 5.88 Å². The first-order valence-corrected chi connectivity index (χ1v) is 10.3. The lowest BCUT2D eigenvalue weighted by Crippen LogP contribution is -2.13. The predicted molar refractivity (Wildman–Crippen MR) is 101 cm³/mol. The zero-order valence-corrected chi connectivity index (χ0v) is 17.4. The largest absolute Gasteiger partial charge is 0.478 e. The van der Waals surface area contributed by atoms with Gasteiger partial charge in [0.05, 0.1) is 28.0 Å². The molecule has 0 saturated heterocycles. The van der Waals surface area contributed by atoms with E-state index in [1.807, 2.05) is 6.92 Å². The number of rotatable bonds is 6. The number of hydrogen-bond donors (Lipinski definition) is 0. The number of hydrogen-bond acceptors (Lipinski definition) is 5. The quantitative estimate of drug-likeness (QED) is 0.696. The number of aromatic nitrogens is 2. The summed E-state index contributed by atoms with van der Waals surface area (Å²) in [6.45, 7) is 8.80. The van der Waals surface area contributed by atoms with E-state index in [9.17, 15) is 13.2 Å². The molecule has 0 spiro atoms. The highest BCUT2D eigenvalue weighted by molar-refractivity contribution is 7.91. The van der Waals surface area contributed by atoms with Gasteiger partial charge < -0.3 is 4.74 Å². The van der Waals surface area contributed by atoms with Crippen molar-refractivity contribution in [3.05, 3.63) is 39.0 Å². The molecule has 0 aliphatic rings. The molecule has 8 heteroatoms. The summed E-state index contributed by atoms with van der Waals surface area (Å²) in [5.41, 5.74) is 1.99. The van der Waals surface area contributed by atoms with Gasteiger partial charge in [-0.05, 0) is 44.9 Å². The Morgan fingerprint density at radius 2 is 1.88 bits per heavy atom. The van der Waals surface area contributed by atoms with Crippen molar-refractivity contribution in [2.45, 2.75) is 39.5 Å². The standard InChI is InChI=1S/C18H23ClN2O4S/c1-7-25-18-14(12(5)20-21(18)6)16(22)13-9-10(3)17(11(4)15(13)19)26(23,24)8-2/h9H,7-8H2,1-6H3. The van der Waals surface area contributed by atoms with Gasteiger partial charge in [-0.3, -0.25) is 4.79 Å². The van der Waals surface area contributed by atoms with Gasteiger partial charge in [0.25, 0.3) is 0 Å². The molecule has 142 valence electrons. The minimum absolute atomic E-state index is 0.0332. The molecule has 1 aromatic carbocycles. The summed E-state index contributed by atoms with van der Waals surface area (Å²) in [4.78, 5) is 13.4. The van der Waals surface area contributed by atoms with Crippen LogP contribution in [0.1, 0.15) is 46.6 Å². The number of ketones is 1. The van der Waals surface area contributed by atoms with E-state index in [-0.39, 0.29) is 27.0 Å². The van der Waals surface area contributed by atoms with E-state index >= 15 is 0 Å². The highest BCUT2D eigenvalue weighted by atomic mass is 35.5. The molecule has 0 radical (unpaired) electrons. The number of ether oxygens (including phenoxy) is 1. The van der Waals surface area contributed by atoms with Crippen LogP contribution in [0.25, 0.3) is 0 Å². The van der Waals surface area contributed by atoms with Crippen molar-refractivity contribution < 1.29 is 17.9 Å². The average Bonchev–Trinajstić information content (AvgIpc) is 2.84. The molecule has 0 unspecified atom stereocenters. The highest BCUT2D eigenvalue weighted by Crippen LogP contribution is 2.34. The molecule has 2 aromatic rings. The fourth-order valence-electron chi connectivity index (χ4n) is 3.07. The van der Waals surface area contributed by atoms with Gasteiger partial charge in [0.15, 0.2) is 9.84 Å².